The minimum Gasteiger partial charge on any atom is -0.353 e. The van der Waals surface area contributed by atoms with Crippen molar-refractivity contribution in [3.05, 3.63) is 15.5 Å². The number of rotatable bonds is 4. The van der Waals surface area contributed by atoms with Gasteiger partial charge in [0, 0.05) is 24.7 Å². The molecule has 5 heteroatoms. The normalized spacial score (nSPS) is 16.4. The number of carbonyl (C=O) groups excluding carboxylic acids is 1. The fourth-order valence-electron chi connectivity index (χ4n) is 2.23. The summed E-state index contributed by atoms with van der Waals surface area (Å²) >= 11 is 2.26. The topological polar surface area (TPSA) is 46.9 Å². The number of aromatic nitrogens is 2. The van der Waals surface area contributed by atoms with Gasteiger partial charge in [-0.3, -0.25) is 9.48 Å². The molecule has 1 heterocycles. The molecule has 4 nitrogen and oxygen atoms in total. The highest BCUT2D eigenvalue weighted by molar-refractivity contribution is 14.1. The van der Waals surface area contributed by atoms with Gasteiger partial charge in [0.05, 0.1) is 9.77 Å². The van der Waals surface area contributed by atoms with E-state index in [1.165, 1.54) is 12.8 Å². The van der Waals surface area contributed by atoms with Crippen LogP contribution in [0.25, 0.3) is 0 Å². The Bertz CT molecular complexity index is 396. The van der Waals surface area contributed by atoms with Crippen molar-refractivity contribution in [3.63, 3.8) is 0 Å². The molecule has 0 aromatic carbocycles. The molecule has 0 saturated heterocycles. The van der Waals surface area contributed by atoms with Gasteiger partial charge in [-0.2, -0.15) is 5.10 Å². The fourth-order valence-corrected chi connectivity index (χ4v) is 2.63. The molecule has 2 rings (SSSR count). The lowest BCUT2D eigenvalue weighted by molar-refractivity contribution is -0.122. The summed E-state index contributed by atoms with van der Waals surface area (Å²) in [5.41, 5.74) is 1.14. The molecule has 1 amide bonds. The molecule has 1 aromatic heterocycles. The first kappa shape index (κ1) is 12.9. The average molecular weight is 347 g/mol. The highest BCUT2D eigenvalue weighted by atomic mass is 127. The molecule has 1 saturated carbocycles. The zero-order valence-electron chi connectivity index (χ0n) is 10.1. The van der Waals surface area contributed by atoms with E-state index in [1.54, 1.807) is 0 Å². The molecule has 1 aliphatic carbocycles. The second-order valence-electron chi connectivity index (χ2n) is 4.60. The molecule has 17 heavy (non-hydrogen) atoms. The summed E-state index contributed by atoms with van der Waals surface area (Å²) in [5, 5.41) is 7.34. The number of aryl methyl sites for hydroxylation is 1. The first-order valence-electron chi connectivity index (χ1n) is 6.14. The van der Waals surface area contributed by atoms with E-state index in [1.807, 2.05) is 17.8 Å². The molecular weight excluding hydrogens is 329 g/mol. The summed E-state index contributed by atoms with van der Waals surface area (Å²) < 4.78 is 3.05. The molecule has 0 aliphatic heterocycles. The van der Waals surface area contributed by atoms with Gasteiger partial charge in [0.15, 0.2) is 0 Å². The predicted molar refractivity (Wildman–Crippen MR) is 74.7 cm³/mol. The van der Waals surface area contributed by atoms with Crippen LogP contribution in [0, 0.1) is 10.5 Å². The highest BCUT2D eigenvalue weighted by Gasteiger charge is 2.17. The van der Waals surface area contributed by atoms with E-state index in [2.05, 4.69) is 33.0 Å². The van der Waals surface area contributed by atoms with Crippen molar-refractivity contribution >= 4 is 28.5 Å². The van der Waals surface area contributed by atoms with Gasteiger partial charge < -0.3 is 5.32 Å². The molecule has 0 unspecified atom stereocenters. The van der Waals surface area contributed by atoms with Gasteiger partial charge in [-0.05, 0) is 42.4 Å². The average Bonchev–Trinajstić information content (AvgIpc) is 2.90. The van der Waals surface area contributed by atoms with Crippen molar-refractivity contribution in [2.45, 2.75) is 51.6 Å². The lowest BCUT2D eigenvalue weighted by Crippen LogP contribution is -2.33. The molecule has 1 fully saturated rings. The van der Waals surface area contributed by atoms with Crippen LogP contribution in [0.2, 0.25) is 0 Å². The smallest absolute Gasteiger partial charge is 0.222 e. The van der Waals surface area contributed by atoms with E-state index < -0.39 is 0 Å². The standard InChI is InChI=1S/C12H18IN3O/c1-9-11(13)8-14-16(9)7-6-12(17)15-10-4-2-3-5-10/h8,10H,2-7H2,1H3,(H,15,17). The quantitative estimate of drug-likeness (QED) is 0.850. The Kier molecular flexibility index (Phi) is 4.42. The number of carbonyl (C=O) groups is 1. The maximum atomic E-state index is 11.7. The first-order chi connectivity index (χ1) is 8.16. The number of halogens is 1. The van der Waals surface area contributed by atoms with Crippen LogP contribution in [0.1, 0.15) is 37.8 Å². The summed E-state index contributed by atoms with van der Waals surface area (Å²) in [5.74, 6) is 0.154. The lowest BCUT2D eigenvalue weighted by atomic mass is 10.2. The van der Waals surface area contributed by atoms with E-state index in [0.29, 0.717) is 19.0 Å². The zero-order chi connectivity index (χ0) is 12.3. The van der Waals surface area contributed by atoms with Crippen molar-refractivity contribution in [3.8, 4) is 0 Å². The minimum atomic E-state index is 0.154. The lowest BCUT2D eigenvalue weighted by Gasteiger charge is -2.12. The molecule has 1 aliphatic rings. The third-order valence-corrected chi connectivity index (χ3v) is 4.37. The van der Waals surface area contributed by atoms with Crippen LogP contribution in [-0.4, -0.2) is 21.7 Å². The summed E-state index contributed by atoms with van der Waals surface area (Å²) in [7, 11) is 0. The van der Waals surface area contributed by atoms with Crippen molar-refractivity contribution in [1.82, 2.24) is 15.1 Å². The highest BCUT2D eigenvalue weighted by Crippen LogP contribution is 2.17. The summed E-state index contributed by atoms with van der Waals surface area (Å²) in [4.78, 5) is 11.7. The van der Waals surface area contributed by atoms with Crippen molar-refractivity contribution in [1.29, 1.82) is 0 Å². The zero-order valence-corrected chi connectivity index (χ0v) is 12.2. The van der Waals surface area contributed by atoms with Gasteiger partial charge in [0.2, 0.25) is 5.91 Å². The van der Waals surface area contributed by atoms with E-state index in [-0.39, 0.29) is 5.91 Å². The fraction of sp³-hybridized carbons (Fsp3) is 0.667. The van der Waals surface area contributed by atoms with Crippen molar-refractivity contribution in [2.75, 3.05) is 0 Å². The second-order valence-corrected chi connectivity index (χ2v) is 5.76. The van der Waals surface area contributed by atoms with Gasteiger partial charge in [0.1, 0.15) is 0 Å². The van der Waals surface area contributed by atoms with Crippen LogP contribution in [-0.2, 0) is 11.3 Å². The number of hydrogen-bond acceptors (Lipinski definition) is 2. The van der Waals surface area contributed by atoms with Gasteiger partial charge in [-0.1, -0.05) is 12.8 Å². The van der Waals surface area contributed by atoms with Gasteiger partial charge >= 0.3 is 0 Å². The Balaban J connectivity index is 1.77. The molecule has 0 radical (unpaired) electrons. The Morgan fingerprint density at radius 1 is 1.59 bits per heavy atom. The Hall–Kier alpha value is -0.590. The first-order valence-corrected chi connectivity index (χ1v) is 7.22. The predicted octanol–water partition coefficient (Wildman–Crippen LogP) is 2.25. The molecule has 0 atom stereocenters. The van der Waals surface area contributed by atoms with Gasteiger partial charge in [0.25, 0.3) is 0 Å². The van der Waals surface area contributed by atoms with Crippen LogP contribution in [0.4, 0.5) is 0 Å². The van der Waals surface area contributed by atoms with Crippen LogP contribution in [0.5, 0.6) is 0 Å². The van der Waals surface area contributed by atoms with E-state index in [9.17, 15) is 4.79 Å². The molecular formula is C12H18IN3O. The maximum absolute atomic E-state index is 11.7. The molecule has 0 spiro atoms. The van der Waals surface area contributed by atoms with Crippen molar-refractivity contribution < 1.29 is 4.79 Å². The molecule has 94 valence electrons. The maximum Gasteiger partial charge on any atom is 0.222 e. The third-order valence-electron chi connectivity index (χ3n) is 3.31. The van der Waals surface area contributed by atoms with E-state index in [0.717, 1.165) is 22.1 Å². The second kappa shape index (κ2) is 5.84. The molecule has 1 N–H and O–H groups in total. The third kappa shape index (κ3) is 3.43. The largest absolute Gasteiger partial charge is 0.353 e. The van der Waals surface area contributed by atoms with Crippen molar-refractivity contribution in [2.24, 2.45) is 0 Å². The number of hydrogen-bond donors (Lipinski definition) is 1. The van der Waals surface area contributed by atoms with Crippen LogP contribution < -0.4 is 5.32 Å². The summed E-state index contributed by atoms with van der Waals surface area (Å²) in [6.45, 7) is 2.71. The van der Waals surface area contributed by atoms with Crippen LogP contribution in [0.3, 0.4) is 0 Å². The minimum absolute atomic E-state index is 0.154. The summed E-state index contributed by atoms with van der Waals surface area (Å²) in [6, 6.07) is 0.418. The van der Waals surface area contributed by atoms with Gasteiger partial charge in [-0.25, -0.2) is 0 Å². The van der Waals surface area contributed by atoms with Crippen LogP contribution in [0.15, 0.2) is 6.20 Å². The van der Waals surface area contributed by atoms with Crippen LogP contribution >= 0.6 is 22.6 Å². The molecule has 1 aromatic rings. The number of nitrogens with zero attached hydrogens (tertiary/aromatic N) is 2. The Morgan fingerprint density at radius 2 is 2.29 bits per heavy atom. The number of nitrogens with one attached hydrogen (secondary N) is 1. The van der Waals surface area contributed by atoms with Gasteiger partial charge in [-0.15, -0.1) is 0 Å². The monoisotopic (exact) mass is 347 g/mol. The molecule has 0 bridgehead atoms. The SMILES string of the molecule is Cc1c(I)cnn1CCC(=O)NC1CCCC1. The summed E-state index contributed by atoms with van der Waals surface area (Å²) in [6.07, 6.45) is 7.15. The van der Waals surface area contributed by atoms with E-state index >= 15 is 0 Å². The van der Waals surface area contributed by atoms with E-state index in [4.69, 9.17) is 0 Å². The number of amides is 1. The Morgan fingerprint density at radius 3 is 2.88 bits per heavy atom. The Labute approximate surface area is 115 Å².